The van der Waals surface area contributed by atoms with Crippen molar-refractivity contribution in [3.8, 4) is 5.88 Å². The number of likely N-dealkylation sites (tertiary alicyclic amines) is 1. The van der Waals surface area contributed by atoms with Gasteiger partial charge in [-0.05, 0) is 31.0 Å². The topological polar surface area (TPSA) is 125 Å². The second-order valence-corrected chi connectivity index (χ2v) is 8.15. The van der Waals surface area contributed by atoms with Gasteiger partial charge in [0, 0.05) is 31.6 Å². The molecule has 0 aliphatic carbocycles. The van der Waals surface area contributed by atoms with Gasteiger partial charge in [0.05, 0.1) is 16.6 Å². The molecule has 3 heterocycles. The molecule has 34 heavy (non-hydrogen) atoms. The molecule has 0 spiro atoms. The van der Waals surface area contributed by atoms with Gasteiger partial charge in [-0.25, -0.2) is 0 Å². The summed E-state index contributed by atoms with van der Waals surface area (Å²) >= 11 is 0. The van der Waals surface area contributed by atoms with Crippen molar-refractivity contribution >= 4 is 40.2 Å². The summed E-state index contributed by atoms with van der Waals surface area (Å²) in [5.74, 6) is -2.76. The van der Waals surface area contributed by atoms with Crippen molar-refractivity contribution in [1.82, 2.24) is 14.4 Å². The monoisotopic (exact) mass is 459 g/mol. The normalized spacial score (nSPS) is 15.6. The molecule has 10 heteroatoms. The van der Waals surface area contributed by atoms with Crippen LogP contribution < -0.4 is 0 Å². The van der Waals surface area contributed by atoms with Crippen molar-refractivity contribution in [2.45, 2.75) is 19.4 Å². The number of imide groups is 1. The molecule has 1 fully saturated rings. The molecule has 4 amide bonds. The highest BCUT2D eigenvalue weighted by Crippen LogP contribution is 2.39. The van der Waals surface area contributed by atoms with E-state index < -0.39 is 11.8 Å². The van der Waals surface area contributed by atoms with Crippen LogP contribution in [0.3, 0.4) is 0 Å². The Morgan fingerprint density at radius 1 is 0.882 bits per heavy atom. The van der Waals surface area contributed by atoms with E-state index in [4.69, 9.17) is 0 Å². The highest BCUT2D eigenvalue weighted by atomic mass is 16.3. The van der Waals surface area contributed by atoms with Crippen molar-refractivity contribution in [3.63, 3.8) is 0 Å². The van der Waals surface area contributed by atoms with Gasteiger partial charge in [0.15, 0.2) is 5.69 Å². The minimum absolute atomic E-state index is 0.0293. The molecular formula is C24H21N5O5. The third kappa shape index (κ3) is 3.53. The van der Waals surface area contributed by atoms with Crippen LogP contribution in [0.25, 0.3) is 10.9 Å². The fourth-order valence-electron chi connectivity index (χ4n) is 4.43. The first-order chi connectivity index (χ1) is 16.5. The summed E-state index contributed by atoms with van der Waals surface area (Å²) in [5.41, 5.74) is 1.33. The number of amides is 4. The van der Waals surface area contributed by atoms with Gasteiger partial charge >= 0.3 is 11.8 Å². The molecule has 0 saturated carbocycles. The van der Waals surface area contributed by atoms with E-state index in [2.05, 4.69) is 10.2 Å². The third-order valence-electron chi connectivity index (χ3n) is 6.16. The fraction of sp³-hybridized carbons (Fsp3) is 0.250. The van der Waals surface area contributed by atoms with Crippen LogP contribution in [0.1, 0.15) is 33.6 Å². The average Bonchev–Trinajstić information content (AvgIpc) is 3.54. The molecule has 0 unspecified atom stereocenters. The van der Waals surface area contributed by atoms with E-state index in [-0.39, 0.29) is 36.5 Å². The van der Waals surface area contributed by atoms with Crippen LogP contribution in [0, 0.1) is 0 Å². The molecule has 10 nitrogen and oxygen atoms in total. The van der Waals surface area contributed by atoms with Gasteiger partial charge in [0.25, 0.3) is 11.8 Å². The lowest BCUT2D eigenvalue weighted by molar-refractivity contribution is -0.143. The van der Waals surface area contributed by atoms with Crippen LogP contribution >= 0.6 is 0 Å². The van der Waals surface area contributed by atoms with Crippen molar-refractivity contribution in [2.24, 2.45) is 10.2 Å². The molecule has 0 radical (unpaired) electrons. The number of benzene rings is 2. The Bertz CT molecular complexity index is 1330. The van der Waals surface area contributed by atoms with Crippen LogP contribution in [0.4, 0.5) is 5.69 Å². The number of hydrogen-bond donors (Lipinski definition) is 1. The second kappa shape index (κ2) is 8.54. The summed E-state index contributed by atoms with van der Waals surface area (Å²) in [7, 11) is 0. The largest absolute Gasteiger partial charge is 0.493 e. The number of hydrogen-bond acceptors (Lipinski definition) is 6. The van der Waals surface area contributed by atoms with Crippen molar-refractivity contribution in [2.75, 3.05) is 19.6 Å². The first-order valence-electron chi connectivity index (χ1n) is 11.0. The second-order valence-electron chi connectivity index (χ2n) is 8.15. The Balaban J connectivity index is 1.40. The predicted molar refractivity (Wildman–Crippen MR) is 121 cm³/mol. The molecule has 2 aliphatic rings. The average molecular weight is 459 g/mol. The standard InChI is InChI=1S/C24H21N5O5/c30-20(24(34)27-11-5-6-12-27)26-25-19-17-9-3-4-10-18(17)28(23(19)33)13-14-29-21(31)15-7-1-2-8-16(15)22(29)32/h1-4,7-10,33H,5-6,11-14H2. The van der Waals surface area contributed by atoms with Gasteiger partial charge in [0.2, 0.25) is 5.88 Å². The maximum atomic E-state index is 12.7. The molecule has 5 rings (SSSR count). The maximum absolute atomic E-state index is 12.7. The third-order valence-corrected chi connectivity index (χ3v) is 6.16. The Hall–Kier alpha value is -4.34. The molecule has 1 saturated heterocycles. The minimum Gasteiger partial charge on any atom is -0.493 e. The summed E-state index contributed by atoms with van der Waals surface area (Å²) in [6.45, 7) is 1.17. The lowest BCUT2D eigenvalue weighted by Gasteiger charge is -2.15. The maximum Gasteiger partial charge on any atom is 0.353 e. The summed E-state index contributed by atoms with van der Waals surface area (Å²) in [5, 5.41) is 18.8. The van der Waals surface area contributed by atoms with Gasteiger partial charge < -0.3 is 14.6 Å². The van der Waals surface area contributed by atoms with Gasteiger partial charge in [-0.3, -0.25) is 24.1 Å². The summed E-state index contributed by atoms with van der Waals surface area (Å²) < 4.78 is 1.50. The number of carbonyl (C=O) groups is 4. The molecule has 3 aromatic rings. The van der Waals surface area contributed by atoms with E-state index >= 15 is 0 Å². The number of nitrogens with zero attached hydrogens (tertiary/aromatic N) is 5. The van der Waals surface area contributed by atoms with Crippen molar-refractivity contribution in [3.05, 3.63) is 59.7 Å². The number of rotatable bonds is 4. The Morgan fingerprint density at radius 3 is 2.18 bits per heavy atom. The molecule has 2 aromatic carbocycles. The minimum atomic E-state index is -0.996. The van der Waals surface area contributed by atoms with Gasteiger partial charge in [-0.15, -0.1) is 10.2 Å². The lowest BCUT2D eigenvalue weighted by atomic mass is 10.1. The van der Waals surface area contributed by atoms with E-state index in [0.29, 0.717) is 35.1 Å². The molecule has 1 N–H and O–H groups in total. The first-order valence-corrected chi connectivity index (χ1v) is 11.0. The zero-order valence-corrected chi connectivity index (χ0v) is 18.2. The van der Waals surface area contributed by atoms with E-state index in [9.17, 15) is 24.3 Å². The zero-order valence-electron chi connectivity index (χ0n) is 18.2. The molecule has 1 aromatic heterocycles. The van der Waals surface area contributed by atoms with Crippen molar-refractivity contribution < 1.29 is 24.3 Å². The summed E-state index contributed by atoms with van der Waals surface area (Å²) in [4.78, 5) is 52.3. The molecule has 0 atom stereocenters. The summed E-state index contributed by atoms with van der Waals surface area (Å²) in [6.07, 6.45) is 1.69. The van der Waals surface area contributed by atoms with Crippen LogP contribution in [-0.4, -0.2) is 62.7 Å². The van der Waals surface area contributed by atoms with E-state index in [1.165, 1.54) is 9.47 Å². The van der Waals surface area contributed by atoms with Crippen molar-refractivity contribution in [1.29, 1.82) is 0 Å². The van der Waals surface area contributed by atoms with E-state index in [1.807, 2.05) is 0 Å². The van der Waals surface area contributed by atoms with Gasteiger partial charge in [-0.1, -0.05) is 30.3 Å². The van der Waals surface area contributed by atoms with E-state index in [1.54, 1.807) is 48.5 Å². The fourth-order valence-corrected chi connectivity index (χ4v) is 4.43. The number of para-hydroxylation sites is 1. The Kier molecular flexibility index (Phi) is 5.40. The Morgan fingerprint density at radius 2 is 1.50 bits per heavy atom. The quantitative estimate of drug-likeness (QED) is 0.365. The smallest absolute Gasteiger partial charge is 0.353 e. The highest BCUT2D eigenvalue weighted by Gasteiger charge is 2.35. The van der Waals surface area contributed by atoms with Gasteiger partial charge in [-0.2, -0.15) is 0 Å². The zero-order chi connectivity index (χ0) is 23.8. The van der Waals surface area contributed by atoms with Crippen LogP contribution in [0.5, 0.6) is 5.88 Å². The molecular weight excluding hydrogens is 438 g/mol. The number of aromatic hydroxyl groups is 1. The first kappa shape index (κ1) is 21.5. The highest BCUT2D eigenvalue weighted by molar-refractivity contribution is 6.35. The number of carbonyl (C=O) groups excluding carboxylic acids is 4. The van der Waals surface area contributed by atoms with Gasteiger partial charge in [0.1, 0.15) is 0 Å². The van der Waals surface area contributed by atoms with Crippen LogP contribution in [-0.2, 0) is 16.1 Å². The number of aromatic nitrogens is 1. The summed E-state index contributed by atoms with van der Waals surface area (Å²) in [6, 6.07) is 13.6. The molecule has 2 aliphatic heterocycles. The SMILES string of the molecule is O=C(N=Nc1c(O)n(CCN2C(=O)c3ccccc3C2=O)c2ccccc12)C(=O)N1CCCC1. The lowest BCUT2D eigenvalue weighted by Crippen LogP contribution is -2.33. The van der Waals surface area contributed by atoms with Crippen LogP contribution in [0.15, 0.2) is 58.8 Å². The number of azo groups is 1. The van der Waals surface area contributed by atoms with Crippen LogP contribution in [0.2, 0.25) is 0 Å². The predicted octanol–water partition coefficient (Wildman–Crippen LogP) is 2.88. The molecule has 172 valence electrons. The number of fused-ring (bicyclic) bond motifs is 2. The molecule has 0 bridgehead atoms. The van der Waals surface area contributed by atoms with E-state index in [0.717, 1.165) is 17.7 Å². The Labute approximate surface area is 194 Å².